The van der Waals surface area contributed by atoms with Crippen LogP contribution in [0.5, 0.6) is 0 Å². The highest BCUT2D eigenvalue weighted by Crippen LogP contribution is 2.40. The number of nitrogens with one attached hydrogen (secondary N) is 2. The predicted octanol–water partition coefficient (Wildman–Crippen LogP) is 9.38. The molecule has 10 nitrogen and oxygen atoms in total. The quantitative estimate of drug-likeness (QED) is 0.197. The minimum atomic E-state index is -0.588. The molecule has 2 N–H and O–H groups in total. The Morgan fingerprint density at radius 1 is 0.780 bits per heavy atom. The maximum atomic E-state index is 13.2. The molecule has 10 heteroatoms. The van der Waals surface area contributed by atoms with Crippen molar-refractivity contribution in [3.63, 3.8) is 0 Å². The van der Waals surface area contributed by atoms with E-state index in [4.69, 9.17) is 14.5 Å². The first kappa shape index (κ1) is 34.7. The van der Waals surface area contributed by atoms with Gasteiger partial charge in [0.25, 0.3) is 0 Å². The highest BCUT2D eigenvalue weighted by Gasteiger charge is 2.39. The van der Waals surface area contributed by atoms with Gasteiger partial charge in [0.1, 0.15) is 23.1 Å². The fraction of sp³-hybridized carbons (Fsp3) is 0.400. The summed E-state index contributed by atoms with van der Waals surface area (Å²) in [5.41, 5.74) is 7.87. The normalized spacial score (nSPS) is 16.8. The smallest absolute Gasteiger partial charge is 0.414 e. The summed E-state index contributed by atoms with van der Waals surface area (Å²) >= 11 is 0. The summed E-state index contributed by atoms with van der Waals surface area (Å²) in [5, 5.41) is 0. The molecule has 1 unspecified atom stereocenters. The van der Waals surface area contributed by atoms with Crippen molar-refractivity contribution in [2.75, 3.05) is 13.1 Å². The highest BCUT2D eigenvalue weighted by molar-refractivity contribution is 5.82. The largest absolute Gasteiger partial charge is 0.444 e. The van der Waals surface area contributed by atoms with Gasteiger partial charge in [-0.15, -0.1) is 0 Å². The lowest BCUT2D eigenvalue weighted by Crippen LogP contribution is -2.38. The van der Waals surface area contributed by atoms with Gasteiger partial charge in [-0.1, -0.05) is 68.5 Å². The lowest BCUT2D eigenvalue weighted by atomic mass is 9.98. The van der Waals surface area contributed by atoms with E-state index in [1.54, 1.807) is 16.0 Å². The Bertz CT molecular complexity index is 1930. The minimum Gasteiger partial charge on any atom is -0.444 e. The molecule has 0 saturated heterocycles. The SMILES string of the molecule is CC1=C(C(C)C)CN(C(=O)OC(C)(C)C)C1c1ncc(-c2ccc(-c3ccc(-c4cnc(C5=CCCN5C(=O)OC(C)(C)C)[nH]4)cc3)cc2)[nH]1. The molecule has 2 aliphatic rings. The Hall–Kier alpha value is -5.12. The van der Waals surface area contributed by atoms with E-state index in [0.29, 0.717) is 24.8 Å². The van der Waals surface area contributed by atoms with Crippen molar-refractivity contribution in [2.24, 2.45) is 5.92 Å². The van der Waals surface area contributed by atoms with Gasteiger partial charge < -0.3 is 19.4 Å². The Morgan fingerprint density at radius 2 is 1.30 bits per heavy atom. The van der Waals surface area contributed by atoms with Crippen LogP contribution in [-0.2, 0) is 9.47 Å². The van der Waals surface area contributed by atoms with Gasteiger partial charge in [0.2, 0.25) is 0 Å². The fourth-order valence-electron chi connectivity index (χ4n) is 6.49. The summed E-state index contributed by atoms with van der Waals surface area (Å²) < 4.78 is 11.4. The molecule has 0 fully saturated rings. The van der Waals surface area contributed by atoms with E-state index in [-0.39, 0.29) is 18.2 Å². The molecule has 1 atom stereocenters. The number of ether oxygens (including phenoxy) is 2. The molecule has 2 aromatic carbocycles. The van der Waals surface area contributed by atoms with Gasteiger partial charge in [-0.2, -0.15) is 0 Å². The zero-order chi connectivity index (χ0) is 36.0. The molecule has 0 aliphatic carbocycles. The third-order valence-corrected chi connectivity index (χ3v) is 8.89. The van der Waals surface area contributed by atoms with Crippen LogP contribution in [0.25, 0.3) is 39.3 Å². The van der Waals surface area contributed by atoms with Crippen molar-refractivity contribution >= 4 is 17.9 Å². The van der Waals surface area contributed by atoms with Crippen molar-refractivity contribution < 1.29 is 19.1 Å². The standard InChI is InChI=1S/C40H48N6O4/c1-24(2)30-23-46(38(48)50-40(7,8)9)34(25(30)3)36-42-22-32(44-36)29-18-14-27(15-19-29)26-12-16-28(17-13-26)31-21-41-35(43-31)33-11-10-20-45(33)37(47)49-39(4,5)6/h11-19,21-22,24,34H,10,20,23H2,1-9H3,(H,41,43)(H,42,44). The van der Waals surface area contributed by atoms with Crippen LogP contribution in [-0.4, -0.2) is 66.2 Å². The Balaban J connectivity index is 1.15. The molecule has 4 aromatic rings. The average Bonchev–Trinajstić information content (AvgIpc) is 3.85. The maximum absolute atomic E-state index is 13.2. The molecule has 2 amide bonds. The van der Waals surface area contributed by atoms with Crippen LogP contribution in [0.3, 0.4) is 0 Å². The molecule has 6 rings (SSSR count). The van der Waals surface area contributed by atoms with E-state index in [1.165, 1.54) is 5.57 Å². The number of aromatic nitrogens is 4. The zero-order valence-corrected chi connectivity index (χ0v) is 30.5. The number of hydrogen-bond donors (Lipinski definition) is 2. The van der Waals surface area contributed by atoms with Gasteiger partial charge >= 0.3 is 12.2 Å². The van der Waals surface area contributed by atoms with Crippen LogP contribution >= 0.6 is 0 Å². The third kappa shape index (κ3) is 7.39. The monoisotopic (exact) mass is 676 g/mol. The van der Waals surface area contributed by atoms with Gasteiger partial charge in [0, 0.05) is 13.1 Å². The second kappa shape index (κ2) is 13.3. The van der Waals surface area contributed by atoms with Crippen LogP contribution in [0.2, 0.25) is 0 Å². The molecular formula is C40H48N6O4. The van der Waals surface area contributed by atoms with Crippen LogP contribution in [0.4, 0.5) is 9.59 Å². The molecule has 2 aliphatic heterocycles. The second-order valence-corrected chi connectivity index (χ2v) is 15.4. The minimum absolute atomic E-state index is 0.307. The number of nitrogens with zero attached hydrogens (tertiary/aromatic N) is 4. The Labute approximate surface area is 294 Å². The molecule has 0 radical (unpaired) electrons. The van der Waals surface area contributed by atoms with E-state index < -0.39 is 11.2 Å². The van der Waals surface area contributed by atoms with Gasteiger partial charge in [0.15, 0.2) is 5.82 Å². The average molecular weight is 677 g/mol. The summed E-state index contributed by atoms with van der Waals surface area (Å²) in [7, 11) is 0. The second-order valence-electron chi connectivity index (χ2n) is 15.4. The summed E-state index contributed by atoms with van der Waals surface area (Å²) in [4.78, 5) is 45.6. The summed E-state index contributed by atoms with van der Waals surface area (Å²) in [5.74, 6) is 1.67. The number of carbonyl (C=O) groups excluding carboxylic acids is 2. The molecule has 2 aromatic heterocycles. The van der Waals surface area contributed by atoms with Crippen molar-refractivity contribution in [2.45, 2.75) is 86.0 Å². The molecule has 0 spiro atoms. The summed E-state index contributed by atoms with van der Waals surface area (Å²) in [6.07, 6.45) is 5.69. The number of rotatable bonds is 6. The number of benzene rings is 2. The van der Waals surface area contributed by atoms with E-state index >= 15 is 0 Å². The number of H-pyrrole nitrogens is 2. The lowest BCUT2D eigenvalue weighted by Gasteiger charge is -2.28. The van der Waals surface area contributed by atoms with Gasteiger partial charge in [-0.05, 0) is 94.2 Å². The highest BCUT2D eigenvalue weighted by atomic mass is 16.6. The van der Waals surface area contributed by atoms with E-state index in [1.807, 2.05) is 53.8 Å². The molecular weight excluding hydrogens is 628 g/mol. The number of hydrogen-bond acceptors (Lipinski definition) is 6. The number of aromatic amines is 2. The molecule has 0 saturated carbocycles. The van der Waals surface area contributed by atoms with Gasteiger partial charge in [0.05, 0.1) is 29.5 Å². The lowest BCUT2D eigenvalue weighted by molar-refractivity contribution is 0.0225. The molecule has 50 heavy (non-hydrogen) atoms. The van der Waals surface area contributed by atoms with E-state index in [0.717, 1.165) is 57.2 Å². The van der Waals surface area contributed by atoms with Crippen molar-refractivity contribution in [1.29, 1.82) is 0 Å². The maximum Gasteiger partial charge on any atom is 0.414 e. The van der Waals surface area contributed by atoms with E-state index in [2.05, 4.69) is 84.3 Å². The number of carbonyl (C=O) groups is 2. The third-order valence-electron chi connectivity index (χ3n) is 8.89. The molecule has 262 valence electrons. The first-order valence-corrected chi connectivity index (χ1v) is 17.3. The first-order valence-electron chi connectivity index (χ1n) is 17.3. The van der Waals surface area contributed by atoms with Crippen LogP contribution < -0.4 is 0 Å². The van der Waals surface area contributed by atoms with Crippen molar-refractivity contribution in [3.05, 3.63) is 89.8 Å². The predicted molar refractivity (Wildman–Crippen MR) is 196 cm³/mol. The number of imidazole rings is 2. The summed E-state index contributed by atoms with van der Waals surface area (Å²) in [6.45, 7) is 18.7. The topological polar surface area (TPSA) is 116 Å². The fourth-order valence-corrected chi connectivity index (χ4v) is 6.49. The van der Waals surface area contributed by atoms with Crippen molar-refractivity contribution in [3.8, 4) is 33.6 Å². The van der Waals surface area contributed by atoms with Crippen LogP contribution in [0.1, 0.15) is 86.4 Å². The van der Waals surface area contributed by atoms with Crippen molar-refractivity contribution in [1.82, 2.24) is 29.7 Å². The first-order chi connectivity index (χ1) is 23.6. The zero-order valence-electron chi connectivity index (χ0n) is 30.5. The molecule has 0 bridgehead atoms. The van der Waals surface area contributed by atoms with Crippen LogP contribution in [0.15, 0.2) is 78.1 Å². The van der Waals surface area contributed by atoms with E-state index in [9.17, 15) is 9.59 Å². The number of amides is 2. The van der Waals surface area contributed by atoms with Gasteiger partial charge in [-0.3, -0.25) is 9.80 Å². The Kier molecular flexibility index (Phi) is 9.24. The Morgan fingerprint density at radius 3 is 1.86 bits per heavy atom. The van der Waals surface area contributed by atoms with Gasteiger partial charge in [-0.25, -0.2) is 19.6 Å². The summed E-state index contributed by atoms with van der Waals surface area (Å²) in [6, 6.07) is 16.4. The molecule has 4 heterocycles. The van der Waals surface area contributed by atoms with Crippen LogP contribution in [0, 0.1) is 5.92 Å².